The third-order valence-electron chi connectivity index (χ3n) is 14.9. The van der Waals surface area contributed by atoms with Crippen LogP contribution in [-0.2, 0) is 11.3 Å². The minimum absolute atomic E-state index is 0. The summed E-state index contributed by atoms with van der Waals surface area (Å²) in [6.07, 6.45) is 8.81. The Labute approximate surface area is 623 Å². The first kappa shape index (κ1) is 84.9. The van der Waals surface area contributed by atoms with Crippen LogP contribution in [0.2, 0.25) is 0 Å². The Balaban J connectivity index is 0.000000248. The molecule has 1 amide bonds. The number of nitrogens with zero attached hydrogens (tertiary/aromatic N) is 9. The van der Waals surface area contributed by atoms with Gasteiger partial charge in [-0.1, -0.05) is 38.0 Å². The minimum Gasteiger partial charge on any atom is -0.497 e. The molecule has 9 aromatic rings. The first-order valence-electron chi connectivity index (χ1n) is 32.2. The maximum Gasteiger partial charge on any atom is 0.315 e. The van der Waals surface area contributed by atoms with E-state index in [0.717, 1.165) is 59.5 Å². The number of aromatic nitrogens is 10. The smallest absolute Gasteiger partial charge is 0.315 e. The second-order valence-corrected chi connectivity index (χ2v) is 24.2. The molecule has 3 fully saturated rings. The molecule has 13 N–H and O–H groups in total. The highest BCUT2D eigenvalue weighted by Gasteiger charge is 2.27. The highest BCUT2D eigenvalue weighted by Crippen LogP contribution is 2.31. The van der Waals surface area contributed by atoms with Crippen molar-refractivity contribution in [2.24, 2.45) is 28.3 Å². The lowest BCUT2D eigenvalue weighted by Crippen LogP contribution is -2.28. The number of benzene rings is 5. The Bertz CT molecular complexity index is 4030. The van der Waals surface area contributed by atoms with Gasteiger partial charge in [0.2, 0.25) is 23.7 Å². The summed E-state index contributed by atoms with van der Waals surface area (Å²) in [5.74, 6) is 6.59. The van der Waals surface area contributed by atoms with Gasteiger partial charge in [-0.3, -0.25) is 15.2 Å². The summed E-state index contributed by atoms with van der Waals surface area (Å²) in [5, 5.41) is 35.7. The van der Waals surface area contributed by atoms with Gasteiger partial charge in [0.15, 0.2) is 11.6 Å². The van der Waals surface area contributed by atoms with Gasteiger partial charge in [-0.15, -0.1) is 64.9 Å². The van der Waals surface area contributed by atoms with Crippen molar-refractivity contribution in [2.75, 3.05) is 81.0 Å². The number of hydrogen-bond donors (Lipinski definition) is 9. The van der Waals surface area contributed by atoms with Crippen molar-refractivity contribution in [1.29, 1.82) is 0 Å². The SMILES string of the molecule is CC(C)(C)C(=O)Nc1noc(-c2ccc(OC/C(=C/F)CN)cc2)n1.COc1ccc(Cn2nc(NC3CC3)nc2-c2ccc(OC/C(=C/F)CN)cc2)cc1.Cl.Cl.Cl.Cl.NC/C(=C\F)COc1ccc(-c2nc(NC3CC3)n[nH]2)cc1.NC/C(=C\F)COc1ccc(-c2nnc(NC3CC3)o2)cc1. The van der Waals surface area contributed by atoms with E-state index < -0.39 is 5.41 Å². The van der Waals surface area contributed by atoms with Gasteiger partial charge in [0, 0.05) is 94.3 Å². The van der Waals surface area contributed by atoms with E-state index in [1.807, 2.05) is 77.5 Å². The Morgan fingerprint density at radius 1 is 0.529 bits per heavy atom. The van der Waals surface area contributed by atoms with Crippen LogP contribution in [0.5, 0.6) is 28.7 Å². The molecule has 0 atom stereocenters. The van der Waals surface area contributed by atoms with E-state index in [4.69, 9.17) is 60.5 Å². The standard InChI is InChI=1S/C23H26FN5O2.C17H21FN4O3.C15H18FN5O.C15H17FN4O2.4ClH/c1-30-20-8-2-16(3-9-20)14-29-22(27-23(28-29)26-19-6-7-19)18-4-10-21(11-5-18)31-15-17(12-24)13-25;1-17(2,3)15(23)21-16-20-14(25-22-16)12-4-6-13(7-5-12)24-10-11(8-18)9-19;16-7-10(8-17)9-22-13-5-1-11(2-6-13)14-19-15(21-20-14)18-12-3-4-12;16-7-10(8-17)9-21-13-5-1-11(2-6-13)14-19-20-15(22-14)18-12-3-4-12;;;;/h2-5,8-12,19H,6-7,13-15,25H2,1H3,(H,26,28);4-8H,9-10,19H2,1-3H3,(H,21,22,23);1-2,5-7,12H,3-4,8-9,17H2,(H2,18,19,20,21);1-2,5-7,12H,3-4,8-9,17H2,(H,18,20);4*1H/b17-12+;11-8+;2*10-7+;;;;. The first-order valence-corrected chi connectivity index (χ1v) is 32.2. The molecule has 5 aromatic carbocycles. The van der Waals surface area contributed by atoms with Gasteiger partial charge >= 0.3 is 6.01 Å². The molecular weight excluding hydrogens is 1440 g/mol. The fraction of sp³-hybridized carbons (Fsp3) is 0.329. The van der Waals surface area contributed by atoms with Gasteiger partial charge < -0.3 is 71.5 Å². The zero-order chi connectivity index (χ0) is 70.8. The molecule has 26 nitrogen and oxygen atoms in total. The maximum absolute atomic E-state index is 12.7. The summed E-state index contributed by atoms with van der Waals surface area (Å²) in [5.41, 5.74) is 27.0. The fourth-order valence-electron chi connectivity index (χ4n) is 8.43. The number of halogens is 8. The van der Waals surface area contributed by atoms with Crippen molar-refractivity contribution >= 4 is 79.4 Å². The summed E-state index contributed by atoms with van der Waals surface area (Å²) in [4.78, 5) is 25.2. The number of aromatic amines is 1. The molecule has 12 rings (SSSR count). The predicted molar refractivity (Wildman–Crippen MR) is 401 cm³/mol. The van der Waals surface area contributed by atoms with E-state index in [-0.39, 0.29) is 120 Å². The molecule has 0 radical (unpaired) electrons. The number of carbonyl (C=O) groups is 1. The van der Waals surface area contributed by atoms with Crippen LogP contribution in [0.1, 0.15) is 64.9 Å². The number of amides is 1. The third-order valence-corrected chi connectivity index (χ3v) is 14.9. The summed E-state index contributed by atoms with van der Waals surface area (Å²) in [7, 11) is 1.65. The van der Waals surface area contributed by atoms with Crippen molar-refractivity contribution in [2.45, 2.75) is 84.0 Å². The van der Waals surface area contributed by atoms with Gasteiger partial charge in [-0.05, 0) is 158 Å². The summed E-state index contributed by atoms with van der Waals surface area (Å²) in [6.45, 7) is 6.91. The van der Waals surface area contributed by atoms with Crippen molar-refractivity contribution in [3.8, 4) is 74.4 Å². The molecule has 3 aliphatic rings. The summed E-state index contributed by atoms with van der Waals surface area (Å²) < 4.78 is 89.6. The normalized spacial score (nSPS) is 13.3. The zero-order valence-corrected chi connectivity index (χ0v) is 60.7. The van der Waals surface area contributed by atoms with Gasteiger partial charge in [-0.25, -0.2) is 22.2 Å². The van der Waals surface area contributed by atoms with Crippen molar-refractivity contribution in [1.82, 2.24) is 50.3 Å². The van der Waals surface area contributed by atoms with Crippen LogP contribution in [0, 0.1) is 5.41 Å². The molecule has 3 aliphatic carbocycles. The number of H-pyrrole nitrogens is 1. The third kappa shape index (κ3) is 27.1. The van der Waals surface area contributed by atoms with Crippen molar-refractivity contribution < 1.29 is 55.0 Å². The molecule has 34 heteroatoms. The molecule has 0 saturated heterocycles. The quantitative estimate of drug-likeness (QED) is 0.0189. The average molecular weight is 1530 g/mol. The predicted octanol–water partition coefficient (Wildman–Crippen LogP) is 13.1. The lowest BCUT2D eigenvalue weighted by atomic mass is 9.96. The van der Waals surface area contributed by atoms with Crippen LogP contribution in [0.25, 0.3) is 45.7 Å². The highest BCUT2D eigenvalue weighted by molar-refractivity contribution is 5.93. The number of methoxy groups -OCH3 is 1. The summed E-state index contributed by atoms with van der Waals surface area (Å²) in [6, 6.07) is 38.6. The number of nitrogens with two attached hydrogens (primary N) is 4. The largest absolute Gasteiger partial charge is 0.497 e. The number of anilines is 4. The monoisotopic (exact) mass is 1520 g/mol. The Kier molecular flexibility index (Phi) is 34.9. The minimum atomic E-state index is -0.559. The topological polar surface area (TPSA) is 366 Å². The lowest BCUT2D eigenvalue weighted by molar-refractivity contribution is -0.123. The molecule has 3 saturated carbocycles. The number of ether oxygens (including phenoxy) is 5. The van der Waals surface area contributed by atoms with Gasteiger partial charge in [0.05, 0.1) is 39.0 Å². The van der Waals surface area contributed by atoms with Crippen LogP contribution < -0.4 is 67.9 Å². The molecule has 0 spiro atoms. The average Bonchev–Trinajstić information content (AvgIpc) is 1.65. The first-order chi connectivity index (χ1) is 48.6. The van der Waals surface area contributed by atoms with E-state index in [0.29, 0.717) is 130 Å². The van der Waals surface area contributed by atoms with E-state index in [9.17, 15) is 22.4 Å². The number of rotatable bonds is 30. The fourth-order valence-corrected chi connectivity index (χ4v) is 8.43. The molecular formula is C70H86Cl4F4N18O8. The van der Waals surface area contributed by atoms with Crippen LogP contribution in [-0.4, -0.2) is 134 Å². The van der Waals surface area contributed by atoms with E-state index >= 15 is 0 Å². The van der Waals surface area contributed by atoms with Crippen molar-refractivity contribution in [3.05, 3.63) is 175 Å². The molecule has 0 aliphatic heterocycles. The second kappa shape index (κ2) is 42.7. The van der Waals surface area contributed by atoms with Crippen LogP contribution in [0.4, 0.5) is 41.4 Å². The second-order valence-electron chi connectivity index (χ2n) is 24.2. The van der Waals surface area contributed by atoms with E-state index in [1.165, 1.54) is 12.8 Å². The Hall–Kier alpha value is -9.79. The van der Waals surface area contributed by atoms with Crippen LogP contribution >= 0.6 is 49.6 Å². The Morgan fingerprint density at radius 2 is 0.942 bits per heavy atom. The van der Waals surface area contributed by atoms with Gasteiger partial charge in [0.25, 0.3) is 11.8 Å². The Morgan fingerprint density at radius 3 is 1.37 bits per heavy atom. The lowest BCUT2D eigenvalue weighted by Gasteiger charge is -2.15. The summed E-state index contributed by atoms with van der Waals surface area (Å²) >= 11 is 0. The van der Waals surface area contributed by atoms with Crippen molar-refractivity contribution in [3.63, 3.8) is 0 Å². The molecule has 0 unspecified atom stereocenters. The molecule has 0 bridgehead atoms. The number of hydrogen-bond acceptors (Lipinski definition) is 23. The van der Waals surface area contributed by atoms with Crippen LogP contribution in [0.15, 0.2) is 178 Å². The zero-order valence-electron chi connectivity index (χ0n) is 57.4. The molecule has 104 heavy (non-hydrogen) atoms. The number of nitrogens with one attached hydrogen (secondary N) is 5. The van der Waals surface area contributed by atoms with E-state index in [2.05, 4.69) is 61.9 Å². The molecule has 560 valence electrons. The molecule has 4 heterocycles. The van der Waals surface area contributed by atoms with E-state index in [1.54, 1.807) is 76.4 Å². The van der Waals surface area contributed by atoms with Crippen LogP contribution in [0.3, 0.4) is 0 Å². The van der Waals surface area contributed by atoms with Gasteiger partial charge in [0.1, 0.15) is 55.2 Å². The van der Waals surface area contributed by atoms with Gasteiger partial charge in [-0.2, -0.15) is 15.0 Å². The maximum atomic E-state index is 12.7. The molecule has 4 aromatic heterocycles. The highest BCUT2D eigenvalue weighted by atomic mass is 35.5. The number of carbonyl (C=O) groups excluding carboxylic acids is 1.